The first-order valence-electron chi connectivity index (χ1n) is 12.6. The van der Waals surface area contributed by atoms with Crippen LogP contribution in [0.1, 0.15) is 106 Å². The van der Waals surface area contributed by atoms with Gasteiger partial charge in [0, 0.05) is 0 Å². The van der Waals surface area contributed by atoms with Gasteiger partial charge in [-0.05, 0) is 97.0 Å². The Bertz CT molecular complexity index is 548. The van der Waals surface area contributed by atoms with Gasteiger partial charge in [0.25, 0.3) is 0 Å². The smallest absolute Gasteiger partial charge is 0.00604 e. The third-order valence-corrected chi connectivity index (χ3v) is 10.2. The molecule has 7 unspecified atom stereocenters. The Morgan fingerprint density at radius 1 is 1.07 bits per heavy atom. The highest BCUT2D eigenvalue weighted by Gasteiger charge is 2.58. The molecule has 0 aromatic heterocycles. The Balaban J connectivity index is 1.75. The van der Waals surface area contributed by atoms with Crippen LogP contribution in [0.4, 0.5) is 0 Å². The van der Waals surface area contributed by atoms with Gasteiger partial charge in [-0.3, -0.25) is 0 Å². The Labute approximate surface area is 182 Å². The molecule has 0 bridgehead atoms. The number of allylic oxidation sites excluding steroid dienone is 2. The van der Waals surface area contributed by atoms with Crippen LogP contribution < -0.4 is 0 Å². The van der Waals surface area contributed by atoms with Crippen LogP contribution >= 0.6 is 12.6 Å². The van der Waals surface area contributed by atoms with Crippen LogP contribution in [0.3, 0.4) is 0 Å². The fourth-order valence-corrected chi connectivity index (χ4v) is 8.42. The highest BCUT2D eigenvalue weighted by Crippen LogP contribution is 2.66. The second kappa shape index (κ2) is 9.07. The van der Waals surface area contributed by atoms with Crippen LogP contribution in [0, 0.1) is 46.3 Å². The van der Waals surface area contributed by atoms with E-state index in [0.29, 0.717) is 10.8 Å². The molecule has 2 fully saturated rings. The van der Waals surface area contributed by atoms with Gasteiger partial charge in [0.2, 0.25) is 0 Å². The van der Waals surface area contributed by atoms with E-state index in [4.69, 9.17) is 0 Å². The van der Waals surface area contributed by atoms with Crippen molar-refractivity contribution >= 4 is 12.6 Å². The Hall–Kier alpha value is 0.0900. The topological polar surface area (TPSA) is 0 Å². The third-order valence-electron chi connectivity index (χ3n) is 9.94. The van der Waals surface area contributed by atoms with Crippen molar-refractivity contribution in [2.24, 2.45) is 46.3 Å². The van der Waals surface area contributed by atoms with Crippen molar-refractivity contribution in [1.29, 1.82) is 0 Å². The molecule has 28 heavy (non-hydrogen) atoms. The first-order chi connectivity index (χ1) is 13.3. The molecule has 0 nitrogen and oxygen atoms in total. The molecule has 0 radical (unpaired) electrons. The minimum absolute atomic E-state index is 0.438. The average molecular weight is 405 g/mol. The third kappa shape index (κ3) is 4.00. The van der Waals surface area contributed by atoms with E-state index in [9.17, 15) is 0 Å². The van der Waals surface area contributed by atoms with Gasteiger partial charge in [-0.1, -0.05) is 72.5 Å². The molecule has 162 valence electrons. The van der Waals surface area contributed by atoms with Crippen LogP contribution in [0.2, 0.25) is 0 Å². The minimum atomic E-state index is 0.438. The van der Waals surface area contributed by atoms with Crippen LogP contribution in [-0.4, -0.2) is 5.75 Å². The molecule has 3 rings (SSSR count). The normalized spacial score (nSPS) is 41.5. The van der Waals surface area contributed by atoms with E-state index in [0.717, 1.165) is 41.3 Å². The summed E-state index contributed by atoms with van der Waals surface area (Å²) in [5.74, 6) is 6.61. The average Bonchev–Trinajstić information content (AvgIpc) is 3.01. The summed E-state index contributed by atoms with van der Waals surface area (Å²) in [5.41, 5.74) is 2.79. The van der Waals surface area contributed by atoms with E-state index in [1.165, 1.54) is 64.2 Å². The van der Waals surface area contributed by atoms with Crippen molar-refractivity contribution in [2.75, 3.05) is 5.75 Å². The number of rotatable bonds is 8. The van der Waals surface area contributed by atoms with Gasteiger partial charge >= 0.3 is 0 Å². The summed E-state index contributed by atoms with van der Waals surface area (Å²) in [7, 11) is 0. The Kier molecular flexibility index (Phi) is 7.38. The van der Waals surface area contributed by atoms with E-state index in [1.54, 1.807) is 5.57 Å². The fraction of sp³-hybridized carbons (Fsp3) is 0.926. The summed E-state index contributed by atoms with van der Waals surface area (Å²) < 4.78 is 0. The highest BCUT2D eigenvalue weighted by molar-refractivity contribution is 7.80. The molecule has 0 saturated heterocycles. The fourth-order valence-electron chi connectivity index (χ4n) is 8.18. The lowest BCUT2D eigenvalue weighted by molar-refractivity contribution is -0.0453. The summed E-state index contributed by atoms with van der Waals surface area (Å²) in [6, 6.07) is 0. The van der Waals surface area contributed by atoms with Crippen molar-refractivity contribution in [3.8, 4) is 0 Å². The molecule has 3 aliphatic rings. The largest absolute Gasteiger partial charge is 0.179 e. The first kappa shape index (κ1) is 22.8. The predicted molar refractivity (Wildman–Crippen MR) is 128 cm³/mol. The van der Waals surface area contributed by atoms with Gasteiger partial charge in [0.05, 0.1) is 0 Å². The quantitative estimate of drug-likeness (QED) is 0.304. The highest BCUT2D eigenvalue weighted by atomic mass is 32.1. The molecule has 7 atom stereocenters. The van der Waals surface area contributed by atoms with Crippen molar-refractivity contribution in [3.63, 3.8) is 0 Å². The van der Waals surface area contributed by atoms with Gasteiger partial charge in [0.1, 0.15) is 0 Å². The van der Waals surface area contributed by atoms with E-state index in [-0.39, 0.29) is 0 Å². The maximum absolute atomic E-state index is 4.57. The van der Waals surface area contributed by atoms with Crippen molar-refractivity contribution in [3.05, 3.63) is 11.6 Å². The lowest BCUT2D eigenvalue weighted by Crippen LogP contribution is -2.49. The summed E-state index contributed by atoms with van der Waals surface area (Å²) in [5, 5.41) is 0. The molecule has 0 aromatic rings. The van der Waals surface area contributed by atoms with Crippen molar-refractivity contribution < 1.29 is 0 Å². The maximum Gasteiger partial charge on any atom is -0.00604 e. The van der Waals surface area contributed by atoms with Gasteiger partial charge in [-0.25, -0.2) is 0 Å². The summed E-state index contributed by atoms with van der Waals surface area (Å²) >= 11 is 4.57. The van der Waals surface area contributed by atoms with Gasteiger partial charge < -0.3 is 0 Å². The standard InChI is InChI=1S/C27H48S/c1-7-26(5)21(16-18-28)11-12-22-24-14-13-23(20(4)10-8-9-19(2)3)27(24,6)17-15-25(22)26/h11,19-20,22-25,28H,7-10,12-18H2,1-6H3. The van der Waals surface area contributed by atoms with E-state index in [2.05, 4.69) is 60.2 Å². The molecular weight excluding hydrogens is 356 g/mol. The molecule has 0 aliphatic heterocycles. The van der Waals surface area contributed by atoms with E-state index < -0.39 is 0 Å². The number of hydrogen-bond donors (Lipinski definition) is 1. The van der Waals surface area contributed by atoms with Gasteiger partial charge in [-0.15, -0.1) is 0 Å². The second-order valence-corrected chi connectivity index (χ2v) is 12.1. The van der Waals surface area contributed by atoms with Crippen LogP contribution in [0.15, 0.2) is 11.6 Å². The van der Waals surface area contributed by atoms with Crippen molar-refractivity contribution in [2.45, 2.75) is 106 Å². The SMILES string of the molecule is CCC1(C)C(CCS)=CCC2C1CCC1(C)C(C(C)CCCC(C)C)CCC21. The molecule has 3 aliphatic carbocycles. The summed E-state index contributed by atoms with van der Waals surface area (Å²) in [6.45, 7) is 15.1. The van der Waals surface area contributed by atoms with Crippen molar-refractivity contribution in [1.82, 2.24) is 0 Å². The van der Waals surface area contributed by atoms with Gasteiger partial charge in [0.15, 0.2) is 0 Å². The van der Waals surface area contributed by atoms with Gasteiger partial charge in [-0.2, -0.15) is 12.6 Å². The summed E-state index contributed by atoms with van der Waals surface area (Å²) in [6.07, 6.45) is 16.8. The molecule has 0 spiro atoms. The molecule has 0 amide bonds. The van der Waals surface area contributed by atoms with Crippen LogP contribution in [-0.2, 0) is 0 Å². The lowest BCUT2D eigenvalue weighted by atomic mass is 9.48. The van der Waals surface area contributed by atoms with E-state index in [1.807, 2.05) is 0 Å². The maximum atomic E-state index is 4.57. The lowest BCUT2D eigenvalue weighted by Gasteiger charge is -2.57. The van der Waals surface area contributed by atoms with Crippen LogP contribution in [0.25, 0.3) is 0 Å². The predicted octanol–water partition coefficient (Wildman–Crippen LogP) is 8.57. The molecule has 0 N–H and O–H groups in total. The molecule has 1 heteroatoms. The zero-order chi connectivity index (χ0) is 20.5. The number of fused-ring (bicyclic) bond motifs is 3. The summed E-state index contributed by atoms with van der Waals surface area (Å²) in [4.78, 5) is 0. The molecule has 2 saturated carbocycles. The molecule has 0 aromatic carbocycles. The van der Waals surface area contributed by atoms with Crippen LogP contribution in [0.5, 0.6) is 0 Å². The van der Waals surface area contributed by atoms with E-state index >= 15 is 0 Å². The zero-order valence-corrected chi connectivity index (χ0v) is 20.7. The first-order valence-corrected chi connectivity index (χ1v) is 13.2. The second-order valence-electron chi connectivity index (χ2n) is 11.6. The monoisotopic (exact) mass is 404 g/mol. The number of thiol groups is 1. The zero-order valence-electron chi connectivity index (χ0n) is 19.8. The molecular formula is C27H48S. The minimum Gasteiger partial charge on any atom is -0.179 e. The number of hydrogen-bond acceptors (Lipinski definition) is 1. The molecule has 0 heterocycles. The Morgan fingerprint density at radius 2 is 1.82 bits per heavy atom. The Morgan fingerprint density at radius 3 is 2.46 bits per heavy atom.